The van der Waals surface area contributed by atoms with Crippen LogP contribution in [0.5, 0.6) is 5.75 Å². The molecular weight excluding hydrogens is 370 g/mol. The van der Waals surface area contributed by atoms with Crippen LogP contribution in [0.1, 0.15) is 37.6 Å². The van der Waals surface area contributed by atoms with E-state index in [1.165, 1.54) is 0 Å². The molecule has 0 saturated carbocycles. The minimum atomic E-state index is -0.256. The van der Waals surface area contributed by atoms with Gasteiger partial charge in [-0.25, -0.2) is 4.79 Å². The lowest BCUT2D eigenvalue weighted by atomic mass is 10.1. The van der Waals surface area contributed by atoms with Crippen LogP contribution in [0.3, 0.4) is 0 Å². The summed E-state index contributed by atoms with van der Waals surface area (Å²) in [6.45, 7) is 0.636. The summed E-state index contributed by atoms with van der Waals surface area (Å²) in [7, 11) is 1.61. The van der Waals surface area contributed by atoms with E-state index in [0.717, 1.165) is 37.0 Å². The van der Waals surface area contributed by atoms with Gasteiger partial charge < -0.3 is 19.5 Å². The van der Waals surface area contributed by atoms with Crippen molar-refractivity contribution in [3.63, 3.8) is 0 Å². The van der Waals surface area contributed by atoms with Crippen molar-refractivity contribution in [2.75, 3.05) is 19.0 Å². The van der Waals surface area contributed by atoms with E-state index >= 15 is 0 Å². The number of aromatic nitrogens is 3. The number of methoxy groups -OCH3 is 1. The van der Waals surface area contributed by atoms with Gasteiger partial charge in [-0.2, -0.15) is 4.98 Å². The predicted molar refractivity (Wildman–Crippen MR) is 107 cm³/mol. The summed E-state index contributed by atoms with van der Waals surface area (Å²) in [5.74, 6) is 1.67. The van der Waals surface area contributed by atoms with E-state index in [0.29, 0.717) is 23.9 Å². The Morgan fingerprint density at radius 3 is 2.83 bits per heavy atom. The van der Waals surface area contributed by atoms with Crippen LogP contribution in [0.2, 0.25) is 0 Å². The lowest BCUT2D eigenvalue weighted by Gasteiger charge is -2.27. The fourth-order valence-corrected chi connectivity index (χ4v) is 3.46. The Morgan fingerprint density at radius 2 is 2.07 bits per heavy atom. The second-order valence-electron chi connectivity index (χ2n) is 6.92. The fraction of sp³-hybridized carbons (Fsp3) is 0.333. The Bertz CT molecular complexity index is 942. The molecule has 3 aromatic rings. The zero-order chi connectivity index (χ0) is 20.1. The largest absolute Gasteiger partial charge is 0.497 e. The predicted octanol–water partition coefficient (Wildman–Crippen LogP) is 4.29. The summed E-state index contributed by atoms with van der Waals surface area (Å²) in [5.41, 5.74) is 1.49. The standard InChI is InChI=1S/C21H23N5O3/c1-28-17-10-8-16(9-11-17)23-21(27)26-13-4-2-3-7-18(26)20-24-19(25-29-20)15-6-5-12-22-14-15/h5-6,8-12,14,18H,2-4,7,13H2,1H3,(H,23,27). The highest BCUT2D eigenvalue weighted by atomic mass is 16.5. The molecule has 3 heterocycles. The minimum absolute atomic E-state index is 0.178. The minimum Gasteiger partial charge on any atom is -0.497 e. The number of rotatable bonds is 4. The molecule has 29 heavy (non-hydrogen) atoms. The number of ether oxygens (including phenoxy) is 1. The van der Waals surface area contributed by atoms with Crippen LogP contribution < -0.4 is 10.1 Å². The molecule has 1 atom stereocenters. The van der Waals surface area contributed by atoms with E-state index in [-0.39, 0.29) is 12.1 Å². The average molecular weight is 393 g/mol. The van der Waals surface area contributed by atoms with E-state index in [1.54, 1.807) is 24.4 Å². The van der Waals surface area contributed by atoms with Crippen LogP contribution in [0.25, 0.3) is 11.4 Å². The third-order valence-electron chi connectivity index (χ3n) is 5.00. The summed E-state index contributed by atoms with van der Waals surface area (Å²) in [6.07, 6.45) is 7.17. The number of nitrogens with one attached hydrogen (secondary N) is 1. The van der Waals surface area contributed by atoms with Gasteiger partial charge >= 0.3 is 6.03 Å². The smallest absolute Gasteiger partial charge is 0.322 e. The Morgan fingerprint density at radius 1 is 1.21 bits per heavy atom. The van der Waals surface area contributed by atoms with E-state index in [2.05, 4.69) is 20.4 Å². The number of carbonyl (C=O) groups is 1. The van der Waals surface area contributed by atoms with Crippen molar-refractivity contribution in [1.82, 2.24) is 20.0 Å². The average Bonchev–Trinajstić information content (AvgIpc) is 3.12. The topological polar surface area (TPSA) is 93.4 Å². The molecule has 1 saturated heterocycles. The number of amides is 2. The molecule has 1 fully saturated rings. The van der Waals surface area contributed by atoms with Gasteiger partial charge in [0.05, 0.1) is 7.11 Å². The highest BCUT2D eigenvalue weighted by Gasteiger charge is 2.31. The number of hydrogen-bond donors (Lipinski definition) is 1. The number of anilines is 1. The number of likely N-dealkylation sites (tertiary alicyclic amines) is 1. The van der Waals surface area contributed by atoms with Gasteiger partial charge in [-0.15, -0.1) is 0 Å². The molecule has 1 aromatic carbocycles. The van der Waals surface area contributed by atoms with Crippen LogP contribution in [-0.2, 0) is 0 Å². The van der Waals surface area contributed by atoms with Gasteiger partial charge in [-0.1, -0.05) is 18.0 Å². The van der Waals surface area contributed by atoms with E-state index in [1.807, 2.05) is 36.4 Å². The lowest BCUT2D eigenvalue weighted by molar-refractivity contribution is 0.171. The zero-order valence-electron chi connectivity index (χ0n) is 16.2. The molecule has 8 nitrogen and oxygen atoms in total. The quantitative estimate of drug-likeness (QED) is 0.711. The molecule has 1 aliphatic heterocycles. The van der Waals surface area contributed by atoms with Crippen molar-refractivity contribution in [3.05, 3.63) is 54.7 Å². The van der Waals surface area contributed by atoms with Crippen LogP contribution in [0.15, 0.2) is 53.3 Å². The van der Waals surface area contributed by atoms with Gasteiger partial charge in [0.2, 0.25) is 11.7 Å². The van der Waals surface area contributed by atoms with Gasteiger partial charge in [0.1, 0.15) is 11.8 Å². The first-order valence-corrected chi connectivity index (χ1v) is 9.70. The number of hydrogen-bond acceptors (Lipinski definition) is 6. The first-order valence-electron chi connectivity index (χ1n) is 9.70. The Hall–Kier alpha value is -3.42. The maximum Gasteiger partial charge on any atom is 0.322 e. The lowest BCUT2D eigenvalue weighted by Crippen LogP contribution is -2.38. The summed E-state index contributed by atoms with van der Waals surface area (Å²) in [4.78, 5) is 23.5. The van der Waals surface area contributed by atoms with Crippen LogP contribution in [0.4, 0.5) is 10.5 Å². The monoisotopic (exact) mass is 393 g/mol. The molecule has 1 N–H and O–H groups in total. The van der Waals surface area contributed by atoms with Gasteiger partial charge in [0.15, 0.2) is 0 Å². The van der Waals surface area contributed by atoms with Crippen molar-refractivity contribution in [3.8, 4) is 17.1 Å². The summed E-state index contributed by atoms with van der Waals surface area (Å²) in [5, 5.41) is 7.05. The van der Waals surface area contributed by atoms with Crippen molar-refractivity contribution in [2.24, 2.45) is 0 Å². The van der Waals surface area contributed by atoms with Gasteiger partial charge in [-0.05, 0) is 49.2 Å². The highest BCUT2D eigenvalue weighted by molar-refractivity contribution is 5.89. The third kappa shape index (κ3) is 4.37. The molecule has 0 bridgehead atoms. The molecule has 0 aliphatic carbocycles. The summed E-state index contributed by atoms with van der Waals surface area (Å²) in [6, 6.07) is 10.5. The second-order valence-corrected chi connectivity index (χ2v) is 6.92. The maximum absolute atomic E-state index is 13.0. The molecule has 0 spiro atoms. The van der Waals surface area contributed by atoms with Crippen molar-refractivity contribution in [1.29, 1.82) is 0 Å². The Kier molecular flexibility index (Phi) is 5.69. The van der Waals surface area contributed by atoms with Gasteiger partial charge in [0.25, 0.3) is 0 Å². The molecule has 1 unspecified atom stereocenters. The first-order chi connectivity index (χ1) is 14.2. The fourth-order valence-electron chi connectivity index (χ4n) is 3.46. The maximum atomic E-state index is 13.0. The zero-order valence-corrected chi connectivity index (χ0v) is 16.2. The first kappa shape index (κ1) is 18.9. The molecule has 1 aliphatic rings. The summed E-state index contributed by atoms with van der Waals surface area (Å²) < 4.78 is 10.7. The van der Waals surface area contributed by atoms with E-state index in [9.17, 15) is 4.79 Å². The Balaban J connectivity index is 1.54. The van der Waals surface area contributed by atoms with Gasteiger partial charge in [0, 0.05) is 30.2 Å². The SMILES string of the molecule is COc1ccc(NC(=O)N2CCCCCC2c2nc(-c3cccnc3)no2)cc1. The van der Waals surface area contributed by atoms with Crippen molar-refractivity contribution < 1.29 is 14.1 Å². The van der Waals surface area contributed by atoms with Crippen LogP contribution >= 0.6 is 0 Å². The van der Waals surface area contributed by atoms with Crippen molar-refractivity contribution in [2.45, 2.75) is 31.7 Å². The third-order valence-corrected chi connectivity index (χ3v) is 5.00. The number of carbonyl (C=O) groups excluding carboxylic acids is 1. The molecule has 0 radical (unpaired) electrons. The van der Waals surface area contributed by atoms with Crippen LogP contribution in [-0.4, -0.2) is 39.7 Å². The molecule has 8 heteroatoms. The second kappa shape index (κ2) is 8.72. The van der Waals surface area contributed by atoms with E-state index in [4.69, 9.17) is 9.26 Å². The molecule has 2 amide bonds. The Labute approximate surface area is 168 Å². The van der Waals surface area contributed by atoms with Crippen LogP contribution in [0, 0.1) is 0 Å². The number of urea groups is 1. The number of benzene rings is 1. The summed E-state index contributed by atoms with van der Waals surface area (Å²) >= 11 is 0. The highest BCUT2D eigenvalue weighted by Crippen LogP contribution is 2.31. The number of pyridine rings is 1. The molecule has 150 valence electrons. The molecule has 2 aromatic heterocycles. The number of nitrogens with zero attached hydrogens (tertiary/aromatic N) is 4. The van der Waals surface area contributed by atoms with E-state index < -0.39 is 0 Å². The normalized spacial score (nSPS) is 16.9. The molecular formula is C21H23N5O3. The van der Waals surface area contributed by atoms with Gasteiger partial charge in [-0.3, -0.25) is 4.98 Å². The molecule has 4 rings (SSSR count). The van der Waals surface area contributed by atoms with Crippen molar-refractivity contribution >= 4 is 11.7 Å².